The number of hydrogen-bond donors (Lipinski definition) is 2. The van der Waals surface area contributed by atoms with Crippen molar-refractivity contribution in [2.75, 3.05) is 0 Å². The van der Waals surface area contributed by atoms with E-state index in [2.05, 4.69) is 9.98 Å². The van der Waals surface area contributed by atoms with Crippen LogP contribution in [0.3, 0.4) is 0 Å². The SMILES string of the molecule is [2H]c1cc(Cl)cnc1N=C(N)N. The third-order valence-corrected chi connectivity index (χ3v) is 1.09. The molecule has 0 aliphatic carbocycles. The first kappa shape index (κ1) is 6.42. The molecule has 1 rings (SSSR count). The second-order valence-electron chi connectivity index (χ2n) is 1.79. The third kappa shape index (κ3) is 2.43. The lowest BCUT2D eigenvalue weighted by Crippen LogP contribution is -2.21. The number of rotatable bonds is 1. The zero-order valence-corrected chi connectivity index (χ0v) is 6.34. The van der Waals surface area contributed by atoms with Gasteiger partial charge in [0.1, 0.15) is 0 Å². The fourth-order valence-electron chi connectivity index (χ4n) is 0.514. The molecule has 0 spiro atoms. The maximum atomic E-state index is 7.34. The molecule has 4 N–H and O–H groups in total. The second kappa shape index (κ2) is 3.21. The highest BCUT2D eigenvalue weighted by atomic mass is 35.5. The lowest BCUT2D eigenvalue weighted by Gasteiger charge is -1.92. The minimum absolute atomic E-state index is 0.0934. The van der Waals surface area contributed by atoms with E-state index in [1.54, 1.807) is 0 Å². The van der Waals surface area contributed by atoms with Gasteiger partial charge in [0, 0.05) is 6.20 Å². The van der Waals surface area contributed by atoms with E-state index in [1.165, 1.54) is 12.3 Å². The van der Waals surface area contributed by atoms with Gasteiger partial charge in [0.2, 0.25) is 0 Å². The standard InChI is InChI=1S/C6H7ClN4/c7-4-1-2-5(10-3-4)11-6(8)9/h1-3H,(H4,8,9,10,11)/i2D. The minimum Gasteiger partial charge on any atom is -0.370 e. The summed E-state index contributed by atoms with van der Waals surface area (Å²) in [7, 11) is 0. The number of nitrogens with two attached hydrogens (primary N) is 2. The molecular formula is C6H7ClN4. The number of pyridine rings is 1. The summed E-state index contributed by atoms with van der Waals surface area (Å²) in [5.41, 5.74) is 10.2. The van der Waals surface area contributed by atoms with Crippen LogP contribution >= 0.6 is 11.6 Å². The van der Waals surface area contributed by atoms with Crippen LogP contribution in [0, 0.1) is 0 Å². The van der Waals surface area contributed by atoms with Crippen LogP contribution < -0.4 is 11.5 Å². The summed E-state index contributed by atoms with van der Waals surface area (Å²) < 4.78 is 7.34. The fraction of sp³-hybridized carbons (Fsp3) is 0. The molecular weight excluding hydrogens is 164 g/mol. The molecule has 4 nitrogen and oxygen atoms in total. The van der Waals surface area contributed by atoms with Gasteiger partial charge in [-0.05, 0) is 12.1 Å². The number of hydrogen-bond acceptors (Lipinski definition) is 2. The van der Waals surface area contributed by atoms with Gasteiger partial charge in [-0.15, -0.1) is 0 Å². The van der Waals surface area contributed by atoms with Crippen molar-refractivity contribution < 1.29 is 1.37 Å². The van der Waals surface area contributed by atoms with Crippen molar-refractivity contribution in [3.63, 3.8) is 0 Å². The topological polar surface area (TPSA) is 77.3 Å². The number of aliphatic imine (C=N–C) groups is 1. The Hall–Kier alpha value is -1.29. The van der Waals surface area contributed by atoms with E-state index >= 15 is 0 Å². The number of halogens is 1. The lowest BCUT2D eigenvalue weighted by atomic mass is 10.5. The second-order valence-corrected chi connectivity index (χ2v) is 2.23. The largest absolute Gasteiger partial charge is 0.370 e. The van der Waals surface area contributed by atoms with Gasteiger partial charge < -0.3 is 11.5 Å². The van der Waals surface area contributed by atoms with Gasteiger partial charge in [-0.3, -0.25) is 0 Å². The predicted octanol–water partition coefficient (Wildman–Crippen LogP) is 0.640. The first-order chi connectivity index (χ1) is 5.59. The summed E-state index contributed by atoms with van der Waals surface area (Å²) in [6, 6.07) is 1.51. The Bertz CT molecular complexity index is 321. The van der Waals surface area contributed by atoms with E-state index in [-0.39, 0.29) is 17.8 Å². The summed E-state index contributed by atoms with van der Waals surface area (Å²) in [6.45, 7) is 0. The smallest absolute Gasteiger partial charge is 0.192 e. The first-order valence-electron chi connectivity index (χ1n) is 3.31. The summed E-state index contributed by atoms with van der Waals surface area (Å²) >= 11 is 5.56. The zero-order valence-electron chi connectivity index (χ0n) is 6.58. The molecule has 0 fully saturated rings. The van der Waals surface area contributed by atoms with E-state index < -0.39 is 0 Å². The van der Waals surface area contributed by atoms with Crippen LogP contribution in [0.2, 0.25) is 5.02 Å². The summed E-state index contributed by atoms with van der Waals surface area (Å²) in [6.07, 6.45) is 1.38. The van der Waals surface area contributed by atoms with E-state index in [9.17, 15) is 0 Å². The van der Waals surface area contributed by atoms with Gasteiger partial charge in [0.05, 0.1) is 6.39 Å². The van der Waals surface area contributed by atoms with E-state index in [4.69, 9.17) is 24.4 Å². The molecule has 1 heterocycles. The molecule has 1 aromatic rings. The van der Waals surface area contributed by atoms with Gasteiger partial charge in [-0.2, -0.15) is 4.99 Å². The van der Waals surface area contributed by atoms with Crippen LogP contribution in [0.1, 0.15) is 1.37 Å². The van der Waals surface area contributed by atoms with Crippen LogP contribution in [0.4, 0.5) is 5.82 Å². The Morgan fingerprint density at radius 3 is 3.00 bits per heavy atom. The molecule has 0 aliphatic heterocycles. The van der Waals surface area contributed by atoms with Crippen molar-refractivity contribution in [2.45, 2.75) is 0 Å². The molecule has 0 radical (unpaired) electrons. The normalized spacial score (nSPS) is 10.5. The van der Waals surface area contributed by atoms with Crippen molar-refractivity contribution in [3.8, 4) is 0 Å². The summed E-state index contributed by atoms with van der Waals surface area (Å²) in [4.78, 5) is 7.37. The van der Waals surface area contributed by atoms with Crippen molar-refractivity contribution in [2.24, 2.45) is 16.5 Å². The Morgan fingerprint density at radius 2 is 2.45 bits per heavy atom. The number of aromatic nitrogens is 1. The van der Waals surface area contributed by atoms with Gasteiger partial charge in [-0.1, -0.05) is 11.6 Å². The highest BCUT2D eigenvalue weighted by Crippen LogP contribution is 2.11. The van der Waals surface area contributed by atoms with Crippen LogP contribution in [0.15, 0.2) is 23.3 Å². The summed E-state index contributed by atoms with van der Waals surface area (Å²) in [5.74, 6) is 0.0396. The highest BCUT2D eigenvalue weighted by Gasteiger charge is 1.90. The molecule has 0 atom stereocenters. The lowest BCUT2D eigenvalue weighted by molar-refractivity contribution is 1.26. The average molecular weight is 172 g/mol. The Labute approximate surface area is 70.3 Å². The van der Waals surface area contributed by atoms with Crippen molar-refractivity contribution >= 4 is 23.4 Å². The average Bonchev–Trinajstić information content (AvgIpc) is 1.94. The zero-order chi connectivity index (χ0) is 9.14. The highest BCUT2D eigenvalue weighted by molar-refractivity contribution is 6.30. The number of nitrogens with zero attached hydrogens (tertiary/aromatic N) is 2. The van der Waals surface area contributed by atoms with Gasteiger partial charge >= 0.3 is 0 Å². The van der Waals surface area contributed by atoms with Gasteiger partial charge in [0.25, 0.3) is 0 Å². The Balaban J connectivity index is 3.10. The third-order valence-electron chi connectivity index (χ3n) is 0.884. The quantitative estimate of drug-likeness (QED) is 0.481. The van der Waals surface area contributed by atoms with Crippen molar-refractivity contribution in [1.29, 1.82) is 0 Å². The number of guanidine groups is 1. The van der Waals surface area contributed by atoms with E-state index in [1.807, 2.05) is 0 Å². The molecule has 0 unspecified atom stereocenters. The molecule has 1 aromatic heterocycles. The summed E-state index contributed by atoms with van der Waals surface area (Å²) in [5, 5.41) is 0.384. The van der Waals surface area contributed by atoms with Crippen molar-refractivity contribution in [1.82, 2.24) is 4.98 Å². The maximum absolute atomic E-state index is 7.34. The molecule has 0 bridgehead atoms. The first-order valence-corrected chi connectivity index (χ1v) is 3.19. The Kier molecular flexibility index (Phi) is 1.87. The molecule has 0 saturated heterocycles. The van der Waals surface area contributed by atoms with Gasteiger partial charge in [-0.25, -0.2) is 4.98 Å². The predicted molar refractivity (Wildman–Crippen MR) is 44.7 cm³/mol. The Morgan fingerprint density at radius 1 is 1.73 bits per heavy atom. The van der Waals surface area contributed by atoms with Crippen LogP contribution in [0.5, 0.6) is 0 Å². The maximum Gasteiger partial charge on any atom is 0.192 e. The monoisotopic (exact) mass is 171 g/mol. The molecule has 58 valence electrons. The van der Waals surface area contributed by atoms with Gasteiger partial charge in [0.15, 0.2) is 11.8 Å². The molecule has 0 aromatic carbocycles. The van der Waals surface area contributed by atoms with E-state index in [0.29, 0.717) is 5.02 Å². The van der Waals surface area contributed by atoms with Crippen molar-refractivity contribution in [3.05, 3.63) is 23.3 Å². The molecule has 0 saturated carbocycles. The molecule has 0 aliphatic rings. The molecule has 11 heavy (non-hydrogen) atoms. The van der Waals surface area contributed by atoms with Crippen LogP contribution in [0.25, 0.3) is 0 Å². The van der Waals surface area contributed by atoms with Crippen LogP contribution in [-0.4, -0.2) is 10.9 Å². The minimum atomic E-state index is -0.127. The molecule has 5 heteroatoms. The van der Waals surface area contributed by atoms with Crippen LogP contribution in [-0.2, 0) is 0 Å². The molecule has 0 amide bonds. The van der Waals surface area contributed by atoms with E-state index in [0.717, 1.165) is 0 Å². The fourth-order valence-corrected chi connectivity index (χ4v) is 0.618.